The molecule has 0 aliphatic heterocycles. The third kappa shape index (κ3) is 1.99. The van der Waals surface area contributed by atoms with Gasteiger partial charge in [-0.05, 0) is 18.8 Å². The summed E-state index contributed by atoms with van der Waals surface area (Å²) >= 11 is 0. The molecule has 2 rings (SSSR count). The Hall–Kier alpha value is -1.25. The van der Waals surface area contributed by atoms with Crippen LogP contribution in [0.2, 0.25) is 0 Å². The monoisotopic (exact) mass is 221 g/mol. The van der Waals surface area contributed by atoms with Crippen molar-refractivity contribution < 1.29 is 9.47 Å². The maximum absolute atomic E-state index is 5.45. The summed E-state index contributed by atoms with van der Waals surface area (Å²) in [4.78, 5) is 4.58. The van der Waals surface area contributed by atoms with Crippen LogP contribution >= 0.6 is 0 Å². The first-order valence-electron chi connectivity index (χ1n) is 5.80. The molecule has 1 aromatic rings. The number of hydrogen-bond acceptors (Lipinski definition) is 3. The standard InChI is InChI=1S/C13H19NO2/c1-8(2)12-11(15-3)7-10(9-5-6-9)14-13(12)16-4/h7-9H,5-6H2,1-4H3. The molecule has 3 heteroatoms. The highest BCUT2D eigenvalue weighted by Gasteiger charge is 2.28. The van der Waals surface area contributed by atoms with Gasteiger partial charge in [0.05, 0.1) is 25.5 Å². The van der Waals surface area contributed by atoms with Gasteiger partial charge in [-0.2, -0.15) is 0 Å². The quantitative estimate of drug-likeness (QED) is 0.783. The highest BCUT2D eigenvalue weighted by molar-refractivity contribution is 5.45. The normalized spacial score (nSPS) is 15.3. The van der Waals surface area contributed by atoms with Crippen LogP contribution in [0.25, 0.3) is 0 Å². The Bertz CT molecular complexity index is 359. The minimum Gasteiger partial charge on any atom is -0.496 e. The number of aromatic nitrogens is 1. The minimum atomic E-state index is 0.352. The van der Waals surface area contributed by atoms with E-state index in [1.54, 1.807) is 14.2 Å². The van der Waals surface area contributed by atoms with Crippen molar-refractivity contribution in [3.8, 4) is 11.6 Å². The molecule has 0 bridgehead atoms. The van der Waals surface area contributed by atoms with E-state index in [-0.39, 0.29) is 0 Å². The van der Waals surface area contributed by atoms with Gasteiger partial charge in [-0.15, -0.1) is 0 Å². The first-order chi connectivity index (χ1) is 7.67. The van der Waals surface area contributed by atoms with Crippen LogP contribution in [-0.4, -0.2) is 19.2 Å². The van der Waals surface area contributed by atoms with Gasteiger partial charge in [0.1, 0.15) is 5.75 Å². The maximum Gasteiger partial charge on any atom is 0.220 e. The van der Waals surface area contributed by atoms with Gasteiger partial charge in [0.25, 0.3) is 0 Å². The fraction of sp³-hybridized carbons (Fsp3) is 0.615. The largest absolute Gasteiger partial charge is 0.496 e. The lowest BCUT2D eigenvalue weighted by molar-refractivity contribution is 0.368. The molecule has 88 valence electrons. The highest BCUT2D eigenvalue weighted by atomic mass is 16.5. The summed E-state index contributed by atoms with van der Waals surface area (Å²) in [6.07, 6.45) is 2.47. The SMILES string of the molecule is COc1cc(C2CC2)nc(OC)c1C(C)C. The molecule has 0 saturated heterocycles. The summed E-state index contributed by atoms with van der Waals surface area (Å²) in [6.45, 7) is 4.25. The summed E-state index contributed by atoms with van der Waals surface area (Å²) in [5, 5.41) is 0. The molecule has 0 atom stereocenters. The van der Waals surface area contributed by atoms with Crippen LogP contribution in [0.5, 0.6) is 11.6 Å². The van der Waals surface area contributed by atoms with Gasteiger partial charge in [-0.1, -0.05) is 13.8 Å². The second-order valence-corrected chi connectivity index (χ2v) is 4.60. The number of ether oxygens (including phenoxy) is 2. The lowest BCUT2D eigenvalue weighted by Crippen LogP contribution is -2.03. The average Bonchev–Trinajstić information content (AvgIpc) is 3.10. The van der Waals surface area contributed by atoms with Crippen molar-refractivity contribution in [2.75, 3.05) is 14.2 Å². The number of methoxy groups -OCH3 is 2. The smallest absolute Gasteiger partial charge is 0.220 e. The molecule has 1 aliphatic carbocycles. The summed E-state index contributed by atoms with van der Waals surface area (Å²) in [7, 11) is 3.38. The van der Waals surface area contributed by atoms with Crippen LogP contribution in [0.15, 0.2) is 6.07 Å². The Morgan fingerprint density at radius 2 is 1.94 bits per heavy atom. The molecular weight excluding hydrogens is 202 g/mol. The minimum absolute atomic E-state index is 0.352. The van der Waals surface area contributed by atoms with Crippen molar-refractivity contribution in [2.24, 2.45) is 0 Å². The second kappa shape index (κ2) is 4.32. The van der Waals surface area contributed by atoms with Crippen molar-refractivity contribution in [3.05, 3.63) is 17.3 Å². The lowest BCUT2D eigenvalue weighted by Gasteiger charge is -2.16. The molecule has 1 heterocycles. The van der Waals surface area contributed by atoms with Crippen molar-refractivity contribution in [1.82, 2.24) is 4.98 Å². The number of hydrogen-bond donors (Lipinski definition) is 0. The van der Waals surface area contributed by atoms with E-state index in [2.05, 4.69) is 24.9 Å². The molecule has 0 aromatic carbocycles. The summed E-state index contributed by atoms with van der Waals surface area (Å²) in [5.41, 5.74) is 2.17. The molecule has 0 amide bonds. The zero-order valence-electron chi connectivity index (χ0n) is 10.4. The van der Waals surface area contributed by atoms with Crippen LogP contribution in [0.1, 0.15) is 49.8 Å². The predicted octanol–water partition coefficient (Wildman–Crippen LogP) is 3.10. The Labute approximate surface area is 96.8 Å². The number of rotatable bonds is 4. The van der Waals surface area contributed by atoms with Gasteiger partial charge >= 0.3 is 0 Å². The Balaban J connectivity index is 2.49. The van der Waals surface area contributed by atoms with Crippen LogP contribution in [-0.2, 0) is 0 Å². The zero-order valence-corrected chi connectivity index (χ0v) is 10.4. The van der Waals surface area contributed by atoms with E-state index < -0.39 is 0 Å². The van der Waals surface area contributed by atoms with E-state index in [0.717, 1.165) is 22.9 Å². The fourth-order valence-electron chi connectivity index (χ4n) is 1.97. The molecule has 1 aromatic heterocycles. The highest BCUT2D eigenvalue weighted by Crippen LogP contribution is 2.43. The topological polar surface area (TPSA) is 31.4 Å². The first kappa shape index (κ1) is 11.2. The Kier molecular flexibility index (Phi) is 3.03. The van der Waals surface area contributed by atoms with Crippen molar-refractivity contribution >= 4 is 0 Å². The van der Waals surface area contributed by atoms with Gasteiger partial charge in [0, 0.05) is 12.0 Å². The average molecular weight is 221 g/mol. The zero-order chi connectivity index (χ0) is 11.7. The Morgan fingerprint density at radius 1 is 1.25 bits per heavy atom. The van der Waals surface area contributed by atoms with E-state index >= 15 is 0 Å². The van der Waals surface area contributed by atoms with E-state index in [1.807, 2.05) is 0 Å². The molecule has 3 nitrogen and oxygen atoms in total. The third-order valence-electron chi connectivity index (χ3n) is 2.99. The third-order valence-corrected chi connectivity index (χ3v) is 2.99. The summed E-state index contributed by atoms with van der Waals surface area (Å²) < 4.78 is 10.8. The van der Waals surface area contributed by atoms with Gasteiger partial charge in [-0.3, -0.25) is 0 Å². The molecule has 0 N–H and O–H groups in total. The van der Waals surface area contributed by atoms with Crippen molar-refractivity contribution in [2.45, 2.75) is 38.5 Å². The summed E-state index contributed by atoms with van der Waals surface area (Å²) in [5.74, 6) is 2.59. The molecule has 1 fully saturated rings. The Morgan fingerprint density at radius 3 is 2.38 bits per heavy atom. The van der Waals surface area contributed by atoms with Crippen molar-refractivity contribution in [1.29, 1.82) is 0 Å². The molecule has 0 radical (unpaired) electrons. The lowest BCUT2D eigenvalue weighted by atomic mass is 10.0. The molecule has 0 spiro atoms. The van der Waals surface area contributed by atoms with E-state index in [0.29, 0.717) is 11.8 Å². The summed E-state index contributed by atoms with van der Waals surface area (Å²) in [6, 6.07) is 2.06. The number of pyridine rings is 1. The molecule has 16 heavy (non-hydrogen) atoms. The van der Waals surface area contributed by atoms with Gasteiger partial charge in [-0.25, -0.2) is 4.98 Å². The predicted molar refractivity (Wildman–Crippen MR) is 63.4 cm³/mol. The van der Waals surface area contributed by atoms with E-state index in [1.165, 1.54) is 12.8 Å². The molecule has 1 aliphatic rings. The van der Waals surface area contributed by atoms with E-state index in [4.69, 9.17) is 9.47 Å². The van der Waals surface area contributed by atoms with Crippen LogP contribution in [0.4, 0.5) is 0 Å². The van der Waals surface area contributed by atoms with Gasteiger partial charge in [0.2, 0.25) is 5.88 Å². The van der Waals surface area contributed by atoms with Crippen LogP contribution in [0.3, 0.4) is 0 Å². The van der Waals surface area contributed by atoms with Crippen LogP contribution < -0.4 is 9.47 Å². The van der Waals surface area contributed by atoms with Crippen molar-refractivity contribution in [3.63, 3.8) is 0 Å². The fourth-order valence-corrected chi connectivity index (χ4v) is 1.97. The molecule has 0 unspecified atom stereocenters. The maximum atomic E-state index is 5.45. The van der Waals surface area contributed by atoms with Gasteiger partial charge in [0.15, 0.2) is 0 Å². The van der Waals surface area contributed by atoms with E-state index in [9.17, 15) is 0 Å². The number of nitrogens with zero attached hydrogens (tertiary/aromatic N) is 1. The van der Waals surface area contributed by atoms with Gasteiger partial charge < -0.3 is 9.47 Å². The first-order valence-corrected chi connectivity index (χ1v) is 5.80. The van der Waals surface area contributed by atoms with Crippen LogP contribution in [0, 0.1) is 0 Å². The molecular formula is C13H19NO2. The second-order valence-electron chi connectivity index (χ2n) is 4.60. The molecule has 1 saturated carbocycles.